The number of carboxylic acid groups (broad SMARTS) is 1. The number of Topliss-reactive ketones (excluding diaryl/α,β-unsaturated/α-hetero) is 1. The molecule has 0 atom stereocenters. The SMILES string of the molecule is Cn1ccn(-c2cccc(C(=O)C(=O)O)c2)c1=O. The number of hydrogen-bond donors (Lipinski definition) is 1. The number of carbonyl (C=O) groups excluding carboxylic acids is 1. The third-order valence-corrected chi connectivity index (χ3v) is 2.53. The van der Waals surface area contributed by atoms with Gasteiger partial charge in [0.15, 0.2) is 0 Å². The zero-order valence-corrected chi connectivity index (χ0v) is 9.53. The minimum atomic E-state index is -1.52. The van der Waals surface area contributed by atoms with Crippen LogP contribution in [0.3, 0.4) is 0 Å². The van der Waals surface area contributed by atoms with E-state index in [1.54, 1.807) is 25.5 Å². The summed E-state index contributed by atoms with van der Waals surface area (Å²) >= 11 is 0. The van der Waals surface area contributed by atoms with Gasteiger partial charge < -0.3 is 9.67 Å². The van der Waals surface area contributed by atoms with Gasteiger partial charge in [0.05, 0.1) is 5.69 Å². The van der Waals surface area contributed by atoms with E-state index in [-0.39, 0.29) is 11.3 Å². The van der Waals surface area contributed by atoms with Crippen molar-refractivity contribution in [2.45, 2.75) is 0 Å². The number of aromatic nitrogens is 2. The molecule has 0 spiro atoms. The number of imidazole rings is 1. The van der Waals surface area contributed by atoms with Gasteiger partial charge in [-0.15, -0.1) is 0 Å². The topological polar surface area (TPSA) is 81.3 Å². The minimum Gasteiger partial charge on any atom is -0.475 e. The molecule has 6 nitrogen and oxygen atoms in total. The number of hydrogen-bond acceptors (Lipinski definition) is 3. The van der Waals surface area contributed by atoms with Crippen molar-refractivity contribution in [3.05, 3.63) is 52.7 Å². The number of benzene rings is 1. The summed E-state index contributed by atoms with van der Waals surface area (Å²) in [7, 11) is 1.60. The monoisotopic (exact) mass is 246 g/mol. The van der Waals surface area contributed by atoms with Gasteiger partial charge in [-0.05, 0) is 12.1 Å². The number of rotatable bonds is 3. The summed E-state index contributed by atoms with van der Waals surface area (Å²) < 4.78 is 2.71. The number of aryl methyl sites for hydroxylation is 1. The Balaban J connectivity index is 2.51. The van der Waals surface area contributed by atoms with Crippen molar-refractivity contribution >= 4 is 11.8 Å². The largest absolute Gasteiger partial charge is 0.475 e. The van der Waals surface area contributed by atoms with Crippen LogP contribution in [0.15, 0.2) is 41.5 Å². The van der Waals surface area contributed by atoms with Gasteiger partial charge in [0.25, 0.3) is 5.78 Å². The van der Waals surface area contributed by atoms with E-state index >= 15 is 0 Å². The van der Waals surface area contributed by atoms with E-state index in [4.69, 9.17) is 5.11 Å². The first-order chi connectivity index (χ1) is 8.50. The molecule has 1 N–H and O–H groups in total. The lowest BCUT2D eigenvalue weighted by atomic mass is 10.1. The molecule has 2 aromatic rings. The molecule has 0 saturated heterocycles. The summed E-state index contributed by atoms with van der Waals surface area (Å²) in [6.07, 6.45) is 3.13. The molecule has 0 aliphatic carbocycles. The molecule has 1 heterocycles. The van der Waals surface area contributed by atoms with Crippen LogP contribution in [0.4, 0.5) is 0 Å². The van der Waals surface area contributed by atoms with Gasteiger partial charge in [0.1, 0.15) is 0 Å². The highest BCUT2D eigenvalue weighted by atomic mass is 16.4. The third-order valence-electron chi connectivity index (χ3n) is 2.53. The van der Waals surface area contributed by atoms with Crippen molar-refractivity contribution in [1.82, 2.24) is 9.13 Å². The van der Waals surface area contributed by atoms with Gasteiger partial charge in [-0.1, -0.05) is 12.1 Å². The van der Waals surface area contributed by atoms with E-state index in [1.807, 2.05) is 0 Å². The number of nitrogens with zero attached hydrogens (tertiary/aromatic N) is 2. The lowest BCUT2D eigenvalue weighted by Gasteiger charge is -2.03. The summed E-state index contributed by atoms with van der Waals surface area (Å²) in [5.74, 6) is -2.52. The molecule has 0 fully saturated rings. The Kier molecular flexibility index (Phi) is 2.85. The quantitative estimate of drug-likeness (QED) is 0.629. The van der Waals surface area contributed by atoms with Crippen molar-refractivity contribution < 1.29 is 14.7 Å². The average Bonchev–Trinajstić information content (AvgIpc) is 2.69. The zero-order chi connectivity index (χ0) is 13.3. The van der Waals surface area contributed by atoms with Crippen LogP contribution < -0.4 is 5.69 Å². The summed E-state index contributed by atoms with van der Waals surface area (Å²) in [6.45, 7) is 0. The predicted octanol–water partition coefficient (Wildman–Crippen LogP) is 0.443. The number of ketones is 1. The van der Waals surface area contributed by atoms with E-state index in [9.17, 15) is 14.4 Å². The second-order valence-corrected chi connectivity index (χ2v) is 3.75. The van der Waals surface area contributed by atoms with Crippen molar-refractivity contribution in [3.63, 3.8) is 0 Å². The Bertz CT molecular complexity index is 681. The van der Waals surface area contributed by atoms with Crippen LogP contribution in [0.5, 0.6) is 0 Å². The molecule has 0 saturated carbocycles. The molecule has 0 bridgehead atoms. The summed E-state index contributed by atoms with van der Waals surface area (Å²) in [4.78, 5) is 33.6. The molecule has 2 rings (SSSR count). The van der Waals surface area contributed by atoms with Gasteiger partial charge in [0, 0.05) is 25.0 Å². The fourth-order valence-electron chi connectivity index (χ4n) is 1.58. The highest BCUT2D eigenvalue weighted by Crippen LogP contribution is 2.09. The molecule has 0 radical (unpaired) electrons. The van der Waals surface area contributed by atoms with E-state index in [2.05, 4.69) is 0 Å². The molecule has 0 aliphatic rings. The Morgan fingerprint density at radius 2 is 1.94 bits per heavy atom. The molecule has 1 aromatic carbocycles. The van der Waals surface area contributed by atoms with Crippen molar-refractivity contribution in [1.29, 1.82) is 0 Å². The van der Waals surface area contributed by atoms with Crippen LogP contribution in [0.2, 0.25) is 0 Å². The zero-order valence-electron chi connectivity index (χ0n) is 9.53. The molecule has 0 amide bonds. The maximum atomic E-state index is 11.7. The van der Waals surface area contributed by atoms with Crippen LogP contribution in [-0.4, -0.2) is 26.0 Å². The Morgan fingerprint density at radius 1 is 1.22 bits per heavy atom. The molecule has 6 heteroatoms. The highest BCUT2D eigenvalue weighted by molar-refractivity contribution is 6.39. The lowest BCUT2D eigenvalue weighted by Crippen LogP contribution is -2.21. The number of carboxylic acids is 1. The van der Waals surface area contributed by atoms with E-state index in [0.717, 1.165) is 0 Å². The van der Waals surface area contributed by atoms with Gasteiger partial charge in [-0.3, -0.25) is 9.36 Å². The second-order valence-electron chi connectivity index (χ2n) is 3.75. The molecule has 1 aromatic heterocycles. The maximum Gasteiger partial charge on any atom is 0.377 e. The first-order valence-electron chi connectivity index (χ1n) is 5.13. The van der Waals surface area contributed by atoms with Crippen molar-refractivity contribution in [2.75, 3.05) is 0 Å². The van der Waals surface area contributed by atoms with Crippen LogP contribution in [0, 0.1) is 0 Å². The predicted molar refractivity (Wildman–Crippen MR) is 63.0 cm³/mol. The fraction of sp³-hybridized carbons (Fsp3) is 0.0833. The van der Waals surface area contributed by atoms with Crippen LogP contribution in [-0.2, 0) is 11.8 Å². The average molecular weight is 246 g/mol. The summed E-state index contributed by atoms with van der Waals surface area (Å²) in [6, 6.07) is 5.93. The molecular formula is C12H10N2O4. The van der Waals surface area contributed by atoms with E-state index in [0.29, 0.717) is 5.69 Å². The maximum absolute atomic E-state index is 11.7. The van der Waals surface area contributed by atoms with Gasteiger partial charge in [-0.2, -0.15) is 0 Å². The highest BCUT2D eigenvalue weighted by Gasteiger charge is 2.15. The third kappa shape index (κ3) is 1.95. The van der Waals surface area contributed by atoms with Crippen LogP contribution in [0.25, 0.3) is 5.69 Å². The second kappa shape index (κ2) is 4.33. The smallest absolute Gasteiger partial charge is 0.377 e. The summed E-state index contributed by atoms with van der Waals surface area (Å²) in [5.41, 5.74) is 0.221. The molecule has 0 unspecified atom stereocenters. The minimum absolute atomic E-state index is 0.0377. The first kappa shape index (κ1) is 11.8. The van der Waals surface area contributed by atoms with Crippen LogP contribution >= 0.6 is 0 Å². The Labute approximate surface area is 102 Å². The van der Waals surface area contributed by atoms with Gasteiger partial charge in [-0.25, -0.2) is 9.59 Å². The van der Waals surface area contributed by atoms with Crippen molar-refractivity contribution in [2.24, 2.45) is 7.05 Å². The van der Waals surface area contributed by atoms with Gasteiger partial charge >= 0.3 is 11.7 Å². The first-order valence-corrected chi connectivity index (χ1v) is 5.13. The number of aliphatic carboxylic acids is 1. The Morgan fingerprint density at radius 3 is 2.50 bits per heavy atom. The Hall–Kier alpha value is -2.63. The summed E-state index contributed by atoms with van der Waals surface area (Å²) in [5, 5.41) is 8.63. The van der Waals surface area contributed by atoms with E-state index in [1.165, 1.54) is 27.3 Å². The normalized spacial score (nSPS) is 10.3. The molecule has 18 heavy (non-hydrogen) atoms. The molecular weight excluding hydrogens is 236 g/mol. The van der Waals surface area contributed by atoms with E-state index < -0.39 is 11.8 Å². The fourth-order valence-corrected chi connectivity index (χ4v) is 1.58. The van der Waals surface area contributed by atoms with Crippen molar-refractivity contribution in [3.8, 4) is 5.69 Å². The van der Waals surface area contributed by atoms with Gasteiger partial charge in [0.2, 0.25) is 0 Å². The van der Waals surface area contributed by atoms with Crippen LogP contribution in [0.1, 0.15) is 10.4 Å². The lowest BCUT2D eigenvalue weighted by molar-refractivity contribution is -0.131. The standard InChI is InChI=1S/C12H10N2O4/c1-13-5-6-14(12(13)18)9-4-2-3-8(7-9)10(15)11(16)17/h2-7H,1H3,(H,16,17). The molecule has 92 valence electrons. The molecule has 0 aliphatic heterocycles. The number of carbonyl (C=O) groups is 2.